The Balaban J connectivity index is 1.87. The molecule has 1 saturated heterocycles. The summed E-state index contributed by atoms with van der Waals surface area (Å²) in [5.41, 5.74) is 0. The molecule has 2 heteroatoms. The average molecular weight is 239 g/mol. The van der Waals surface area contributed by atoms with E-state index in [0.29, 0.717) is 4.75 Å². The molecular weight excluding hydrogens is 214 g/mol. The van der Waals surface area contributed by atoms with Crippen LogP contribution < -0.4 is 0 Å². The Hall–Kier alpha value is 0.0500. The van der Waals surface area contributed by atoms with Crippen molar-refractivity contribution < 1.29 is 0 Å². The molecule has 0 aromatic rings. The molecule has 1 unspecified atom stereocenters. The van der Waals surface area contributed by atoms with E-state index in [2.05, 4.69) is 37.2 Å². The number of hydrogen-bond donors (Lipinski definition) is 0. The molecule has 2 fully saturated rings. The van der Waals surface area contributed by atoms with Crippen molar-refractivity contribution in [1.82, 2.24) is 4.90 Å². The molecule has 1 heterocycles. The van der Waals surface area contributed by atoms with Gasteiger partial charge in [-0.3, -0.25) is 4.90 Å². The predicted molar refractivity (Wildman–Crippen MR) is 74.1 cm³/mol. The van der Waals surface area contributed by atoms with E-state index < -0.39 is 0 Å². The second-order valence-corrected chi connectivity index (χ2v) is 7.28. The Bertz CT molecular complexity index is 255. The van der Waals surface area contributed by atoms with Crippen LogP contribution in [0.3, 0.4) is 0 Å². The number of thioether (sulfide) groups is 1. The molecule has 1 aliphatic carbocycles. The van der Waals surface area contributed by atoms with Crippen molar-refractivity contribution in [2.75, 3.05) is 19.3 Å². The lowest BCUT2D eigenvalue weighted by Crippen LogP contribution is -2.30. The van der Waals surface area contributed by atoms with Crippen LogP contribution in [0.15, 0.2) is 12.2 Å². The molecule has 16 heavy (non-hydrogen) atoms. The highest BCUT2D eigenvalue weighted by Gasteiger charge is 2.30. The van der Waals surface area contributed by atoms with Crippen molar-refractivity contribution >= 4 is 11.8 Å². The largest absolute Gasteiger partial charge is 0.297 e. The van der Waals surface area contributed by atoms with Gasteiger partial charge in [0.2, 0.25) is 0 Å². The maximum atomic E-state index is 2.70. The zero-order chi connectivity index (χ0) is 11.6. The molecular formula is C14H25NS. The van der Waals surface area contributed by atoms with Gasteiger partial charge in [0, 0.05) is 17.3 Å². The van der Waals surface area contributed by atoms with Crippen LogP contribution in [0.5, 0.6) is 0 Å². The minimum Gasteiger partial charge on any atom is -0.297 e. The van der Waals surface area contributed by atoms with Gasteiger partial charge >= 0.3 is 0 Å². The van der Waals surface area contributed by atoms with Crippen molar-refractivity contribution in [2.45, 2.75) is 50.3 Å². The molecule has 0 spiro atoms. The van der Waals surface area contributed by atoms with Crippen LogP contribution in [-0.2, 0) is 0 Å². The van der Waals surface area contributed by atoms with E-state index in [4.69, 9.17) is 0 Å². The lowest BCUT2D eigenvalue weighted by atomic mass is 10.1. The maximum Gasteiger partial charge on any atom is 0.0280 e. The lowest BCUT2D eigenvalue weighted by Gasteiger charge is -2.23. The zero-order valence-electron chi connectivity index (χ0n) is 10.9. The van der Waals surface area contributed by atoms with Gasteiger partial charge in [-0.25, -0.2) is 0 Å². The summed E-state index contributed by atoms with van der Waals surface area (Å²) in [6, 6.07) is 0.729. The van der Waals surface area contributed by atoms with Gasteiger partial charge in [-0.15, -0.1) is 0 Å². The van der Waals surface area contributed by atoms with Crippen LogP contribution in [0.4, 0.5) is 0 Å². The number of hydrogen-bond acceptors (Lipinski definition) is 2. The van der Waals surface area contributed by atoms with E-state index in [0.717, 1.165) is 12.0 Å². The Labute approximate surface area is 105 Å². The normalized spacial score (nSPS) is 28.1. The Morgan fingerprint density at radius 2 is 2.06 bits per heavy atom. The monoisotopic (exact) mass is 239 g/mol. The van der Waals surface area contributed by atoms with Gasteiger partial charge in [0.15, 0.2) is 0 Å². The van der Waals surface area contributed by atoms with E-state index >= 15 is 0 Å². The standard InChI is InChI=1S/C14H25NS/c1-14(2,16-3)9-8-13-5-4-10-15(13)11-12-6-7-12/h8-9,12-13H,4-7,10-11H2,1-3H3/b9-8+. The minimum absolute atomic E-state index is 0.299. The van der Waals surface area contributed by atoms with Gasteiger partial charge < -0.3 is 0 Å². The molecule has 0 bridgehead atoms. The van der Waals surface area contributed by atoms with E-state index in [1.54, 1.807) is 0 Å². The van der Waals surface area contributed by atoms with Crippen LogP contribution in [0.25, 0.3) is 0 Å². The summed E-state index contributed by atoms with van der Waals surface area (Å²) < 4.78 is 0.299. The fraction of sp³-hybridized carbons (Fsp3) is 0.857. The van der Waals surface area contributed by atoms with Crippen molar-refractivity contribution in [3.05, 3.63) is 12.2 Å². The topological polar surface area (TPSA) is 3.24 Å². The van der Waals surface area contributed by atoms with Crippen LogP contribution in [0.1, 0.15) is 39.5 Å². The Kier molecular flexibility index (Phi) is 4.01. The van der Waals surface area contributed by atoms with E-state index in [9.17, 15) is 0 Å². The average Bonchev–Trinajstić information content (AvgIpc) is 2.95. The van der Waals surface area contributed by atoms with Crippen molar-refractivity contribution in [2.24, 2.45) is 5.92 Å². The molecule has 1 nitrogen and oxygen atoms in total. The fourth-order valence-corrected chi connectivity index (χ4v) is 2.55. The molecule has 1 saturated carbocycles. The first-order valence-electron chi connectivity index (χ1n) is 6.59. The minimum atomic E-state index is 0.299. The van der Waals surface area contributed by atoms with E-state index in [-0.39, 0.29) is 0 Å². The summed E-state index contributed by atoms with van der Waals surface area (Å²) in [5.74, 6) is 1.03. The van der Waals surface area contributed by atoms with Gasteiger partial charge in [-0.1, -0.05) is 12.2 Å². The molecule has 2 aliphatic rings. The van der Waals surface area contributed by atoms with Gasteiger partial charge in [0.25, 0.3) is 0 Å². The summed E-state index contributed by atoms with van der Waals surface area (Å²) >= 11 is 1.93. The van der Waals surface area contributed by atoms with Crippen molar-refractivity contribution in [3.63, 3.8) is 0 Å². The number of rotatable bonds is 5. The summed E-state index contributed by atoms with van der Waals surface area (Å²) in [7, 11) is 0. The molecule has 92 valence electrons. The SMILES string of the molecule is CSC(C)(C)/C=C/C1CCCN1CC1CC1. The summed E-state index contributed by atoms with van der Waals surface area (Å²) in [5, 5.41) is 0. The lowest BCUT2D eigenvalue weighted by molar-refractivity contribution is 0.277. The highest BCUT2D eigenvalue weighted by atomic mass is 32.2. The molecule has 0 amide bonds. The van der Waals surface area contributed by atoms with Crippen LogP contribution in [0, 0.1) is 5.92 Å². The zero-order valence-corrected chi connectivity index (χ0v) is 11.7. The van der Waals surface area contributed by atoms with Crippen LogP contribution in [-0.4, -0.2) is 35.0 Å². The summed E-state index contributed by atoms with van der Waals surface area (Å²) in [4.78, 5) is 2.70. The van der Waals surface area contributed by atoms with Gasteiger partial charge in [0.1, 0.15) is 0 Å². The third-order valence-corrected chi connectivity index (χ3v) is 5.04. The Morgan fingerprint density at radius 3 is 2.69 bits per heavy atom. The second kappa shape index (κ2) is 5.14. The number of likely N-dealkylation sites (tertiary alicyclic amines) is 1. The quantitative estimate of drug-likeness (QED) is 0.675. The third kappa shape index (κ3) is 3.53. The molecule has 0 radical (unpaired) electrons. The molecule has 1 atom stereocenters. The molecule has 0 aromatic heterocycles. The van der Waals surface area contributed by atoms with Crippen LogP contribution >= 0.6 is 11.8 Å². The highest BCUT2D eigenvalue weighted by Crippen LogP contribution is 2.33. The van der Waals surface area contributed by atoms with E-state index in [1.165, 1.54) is 38.8 Å². The summed E-state index contributed by atoms with van der Waals surface area (Å²) in [6.45, 7) is 7.28. The van der Waals surface area contributed by atoms with Crippen LogP contribution in [0.2, 0.25) is 0 Å². The first-order chi connectivity index (χ1) is 7.61. The van der Waals surface area contributed by atoms with Crippen molar-refractivity contribution in [3.8, 4) is 0 Å². The van der Waals surface area contributed by atoms with Gasteiger partial charge in [-0.2, -0.15) is 11.8 Å². The molecule has 0 aromatic carbocycles. The molecule has 2 rings (SSSR count). The first kappa shape index (κ1) is 12.5. The van der Waals surface area contributed by atoms with E-state index in [1.807, 2.05) is 11.8 Å². The molecule has 1 aliphatic heterocycles. The van der Waals surface area contributed by atoms with Gasteiger partial charge in [0.05, 0.1) is 0 Å². The number of nitrogens with zero attached hydrogens (tertiary/aromatic N) is 1. The third-order valence-electron chi connectivity index (χ3n) is 3.85. The maximum absolute atomic E-state index is 2.70. The highest BCUT2D eigenvalue weighted by molar-refractivity contribution is 8.00. The smallest absolute Gasteiger partial charge is 0.0280 e. The Morgan fingerprint density at radius 1 is 1.31 bits per heavy atom. The predicted octanol–water partition coefficient (Wildman–Crippen LogP) is 3.56. The van der Waals surface area contributed by atoms with Crippen molar-refractivity contribution in [1.29, 1.82) is 0 Å². The fourth-order valence-electron chi connectivity index (χ4n) is 2.34. The molecule has 0 N–H and O–H groups in total. The summed E-state index contributed by atoms with van der Waals surface area (Å²) in [6.07, 6.45) is 12.8. The second-order valence-electron chi connectivity index (χ2n) is 5.81. The first-order valence-corrected chi connectivity index (χ1v) is 7.82. The van der Waals surface area contributed by atoms with Gasteiger partial charge in [-0.05, 0) is 58.2 Å².